The minimum absolute atomic E-state index is 0.500. The van der Waals surface area contributed by atoms with E-state index >= 15 is 0 Å². The van der Waals surface area contributed by atoms with Gasteiger partial charge < -0.3 is 5.11 Å². The Morgan fingerprint density at radius 2 is 1.86 bits per heavy atom. The average Bonchev–Trinajstić information content (AvgIpc) is 2.95. The van der Waals surface area contributed by atoms with Crippen molar-refractivity contribution in [2.45, 2.75) is 23.6 Å². The van der Waals surface area contributed by atoms with Crippen LogP contribution in [0, 0.1) is 28.1 Å². The zero-order chi connectivity index (χ0) is 16.9. The molecule has 1 aromatic carbocycles. The van der Waals surface area contributed by atoms with Crippen LogP contribution in [-0.2, 0) is 9.13 Å². The summed E-state index contributed by atoms with van der Waals surface area (Å²) in [5, 5.41) is 18.4. The number of rotatable bonds is 4. The smallest absolute Gasteiger partial charge is 0.324 e. The van der Waals surface area contributed by atoms with Crippen molar-refractivity contribution in [3.63, 3.8) is 0 Å². The van der Waals surface area contributed by atoms with Crippen LogP contribution in [0.15, 0.2) is 24.3 Å². The molecule has 1 aliphatic carbocycles. The second-order valence-electron chi connectivity index (χ2n) is 5.96. The molecule has 7 heteroatoms. The molecular formula is C15H13Cl4NO2. The monoisotopic (exact) mass is 379 g/mol. The van der Waals surface area contributed by atoms with Gasteiger partial charge >= 0.3 is 5.97 Å². The molecule has 1 N–H and O–H groups in total. The number of carboxylic acid groups (broad SMARTS) is 1. The molecule has 0 heterocycles. The van der Waals surface area contributed by atoms with Crippen molar-refractivity contribution in [1.29, 1.82) is 5.26 Å². The van der Waals surface area contributed by atoms with E-state index in [0.29, 0.717) is 10.6 Å². The van der Waals surface area contributed by atoms with E-state index in [0.717, 1.165) is 0 Å². The average molecular weight is 381 g/mol. The number of halogens is 4. The highest BCUT2D eigenvalue weighted by Gasteiger charge is 2.80. The van der Waals surface area contributed by atoms with E-state index in [1.807, 2.05) is 6.07 Å². The number of carbonyl (C=O) groups is 1. The summed E-state index contributed by atoms with van der Waals surface area (Å²) in [5.74, 6) is -1.90. The van der Waals surface area contributed by atoms with Gasteiger partial charge in [-0.3, -0.25) is 4.79 Å². The lowest BCUT2D eigenvalue weighted by molar-refractivity contribution is -0.142. The summed E-state index contributed by atoms with van der Waals surface area (Å²) >= 11 is 25.1. The van der Waals surface area contributed by atoms with E-state index in [9.17, 15) is 15.2 Å². The van der Waals surface area contributed by atoms with Crippen molar-refractivity contribution in [2.24, 2.45) is 16.7 Å². The summed E-state index contributed by atoms with van der Waals surface area (Å²) in [6, 6.07) is 8.37. The minimum Gasteiger partial charge on any atom is -0.480 e. The highest BCUT2D eigenvalue weighted by Crippen LogP contribution is 2.73. The number of benzene rings is 1. The third-order valence-electron chi connectivity index (χ3n) is 4.56. The number of aliphatic carboxylic acids is 1. The minimum atomic E-state index is -1.60. The quantitative estimate of drug-likeness (QED) is 0.761. The number of carboxylic acids is 1. The molecule has 0 bridgehead atoms. The van der Waals surface area contributed by atoms with E-state index in [4.69, 9.17) is 46.4 Å². The van der Waals surface area contributed by atoms with Crippen molar-refractivity contribution >= 4 is 52.4 Å². The van der Waals surface area contributed by atoms with Gasteiger partial charge in [0.25, 0.3) is 0 Å². The van der Waals surface area contributed by atoms with Crippen LogP contribution in [-0.4, -0.2) is 16.5 Å². The number of hydrogen-bond acceptors (Lipinski definition) is 2. The molecule has 2 rings (SSSR count). The van der Waals surface area contributed by atoms with E-state index in [-0.39, 0.29) is 0 Å². The van der Waals surface area contributed by atoms with Gasteiger partial charge in [-0.05, 0) is 17.7 Å². The Kier molecular flexibility index (Phi) is 4.39. The lowest BCUT2D eigenvalue weighted by Gasteiger charge is -2.27. The second-order valence-corrected chi connectivity index (χ2v) is 8.25. The Hall–Kier alpha value is -0.660. The lowest BCUT2D eigenvalue weighted by atomic mass is 9.98. The molecule has 3 nitrogen and oxygen atoms in total. The van der Waals surface area contributed by atoms with Crippen molar-refractivity contribution in [2.75, 3.05) is 0 Å². The molecule has 0 saturated heterocycles. The van der Waals surface area contributed by atoms with Crippen LogP contribution in [0.25, 0.3) is 0 Å². The van der Waals surface area contributed by atoms with Gasteiger partial charge in [0.1, 0.15) is 0 Å². The summed E-state index contributed by atoms with van der Waals surface area (Å²) in [6.45, 7) is 3.35. The van der Waals surface area contributed by atoms with Crippen LogP contribution in [0.5, 0.6) is 0 Å². The molecule has 1 saturated carbocycles. The molecule has 1 fully saturated rings. The first-order valence-corrected chi connectivity index (χ1v) is 8.03. The fraction of sp³-hybridized carbons (Fsp3) is 0.467. The van der Waals surface area contributed by atoms with Gasteiger partial charge in [-0.25, -0.2) is 0 Å². The Labute approximate surface area is 148 Å². The van der Waals surface area contributed by atoms with Gasteiger partial charge in [-0.2, -0.15) is 5.26 Å². The summed E-state index contributed by atoms with van der Waals surface area (Å²) in [6.07, 6.45) is 0. The number of nitriles is 1. The van der Waals surface area contributed by atoms with Crippen molar-refractivity contribution < 1.29 is 9.90 Å². The highest BCUT2D eigenvalue weighted by molar-refractivity contribution is 6.52. The molecule has 3 atom stereocenters. The summed E-state index contributed by atoms with van der Waals surface area (Å²) in [7, 11) is 0. The molecule has 118 valence electrons. The van der Waals surface area contributed by atoms with Crippen LogP contribution in [0.2, 0.25) is 5.02 Å². The highest BCUT2D eigenvalue weighted by atomic mass is 35.5. The molecule has 0 radical (unpaired) electrons. The summed E-state index contributed by atoms with van der Waals surface area (Å²) in [4.78, 5) is 11.6. The Morgan fingerprint density at radius 3 is 2.23 bits per heavy atom. The van der Waals surface area contributed by atoms with Crippen LogP contribution in [0.1, 0.15) is 19.4 Å². The van der Waals surface area contributed by atoms with Crippen LogP contribution < -0.4 is 0 Å². The number of alkyl halides is 3. The standard InChI is InChI=1S/C15H13Cl4NO2/c1-13(2)10(14(13,7-20)12(21)22)11(17)15(18,19)8-3-5-9(16)6-4-8/h3-6,10-11H,1-2H3,(H,21,22). The lowest BCUT2D eigenvalue weighted by Crippen LogP contribution is -2.30. The fourth-order valence-corrected chi connectivity index (χ4v) is 4.36. The molecule has 3 unspecified atom stereocenters. The molecule has 0 amide bonds. The largest absolute Gasteiger partial charge is 0.480 e. The molecule has 0 spiro atoms. The van der Waals surface area contributed by atoms with E-state index in [2.05, 4.69) is 0 Å². The maximum atomic E-state index is 11.6. The van der Waals surface area contributed by atoms with E-state index in [1.54, 1.807) is 38.1 Å². The predicted octanol–water partition coefficient (Wildman–Crippen LogP) is 4.83. The fourth-order valence-electron chi connectivity index (χ4n) is 3.10. The summed E-state index contributed by atoms with van der Waals surface area (Å²) in [5.41, 5.74) is -1.93. The first-order valence-electron chi connectivity index (χ1n) is 6.46. The van der Waals surface area contributed by atoms with Crippen LogP contribution >= 0.6 is 46.4 Å². The SMILES string of the molecule is CC1(C)C(C(Cl)C(Cl)(Cl)c2ccc(Cl)cc2)C1(C#N)C(=O)O. The van der Waals surface area contributed by atoms with E-state index < -0.39 is 32.4 Å². The second kappa shape index (κ2) is 5.46. The van der Waals surface area contributed by atoms with Crippen LogP contribution in [0.3, 0.4) is 0 Å². The van der Waals surface area contributed by atoms with Crippen molar-refractivity contribution in [3.8, 4) is 6.07 Å². The zero-order valence-electron chi connectivity index (χ0n) is 11.8. The van der Waals surface area contributed by atoms with Gasteiger partial charge in [-0.1, -0.05) is 60.8 Å². The predicted molar refractivity (Wildman–Crippen MR) is 87.4 cm³/mol. The maximum absolute atomic E-state index is 11.6. The van der Waals surface area contributed by atoms with Gasteiger partial charge in [0.05, 0.1) is 11.4 Å². The third-order valence-corrected chi connectivity index (χ3v) is 6.52. The first-order chi connectivity index (χ1) is 10.0. The Balaban J connectivity index is 2.40. The molecule has 0 aliphatic heterocycles. The third kappa shape index (κ3) is 2.29. The summed E-state index contributed by atoms with van der Waals surface area (Å²) < 4.78 is -1.54. The molecular weight excluding hydrogens is 368 g/mol. The van der Waals surface area contributed by atoms with Gasteiger partial charge in [0, 0.05) is 16.4 Å². The number of nitrogens with zero attached hydrogens (tertiary/aromatic N) is 1. The molecule has 22 heavy (non-hydrogen) atoms. The topological polar surface area (TPSA) is 61.1 Å². The van der Waals surface area contributed by atoms with Gasteiger partial charge in [-0.15, -0.1) is 11.6 Å². The zero-order valence-corrected chi connectivity index (χ0v) is 14.8. The van der Waals surface area contributed by atoms with Gasteiger partial charge in [0.2, 0.25) is 0 Å². The van der Waals surface area contributed by atoms with Crippen molar-refractivity contribution in [1.82, 2.24) is 0 Å². The molecule has 1 aliphatic rings. The molecule has 1 aromatic rings. The Bertz CT molecular complexity index is 651. The van der Waals surface area contributed by atoms with Crippen LogP contribution in [0.4, 0.5) is 0 Å². The normalized spacial score (nSPS) is 27.8. The van der Waals surface area contributed by atoms with Crippen molar-refractivity contribution in [3.05, 3.63) is 34.9 Å². The number of hydrogen-bond donors (Lipinski definition) is 1. The van der Waals surface area contributed by atoms with Gasteiger partial charge in [0.15, 0.2) is 9.75 Å². The first kappa shape index (κ1) is 17.7. The Morgan fingerprint density at radius 1 is 1.36 bits per heavy atom. The molecule has 0 aromatic heterocycles. The maximum Gasteiger partial charge on any atom is 0.324 e. The van der Waals surface area contributed by atoms with E-state index in [1.165, 1.54) is 0 Å².